The van der Waals surface area contributed by atoms with E-state index < -0.39 is 35.0 Å². The first-order chi connectivity index (χ1) is 18.5. The minimum atomic E-state index is -4.85. The molecule has 0 bridgehead atoms. The normalized spacial score (nSPS) is 12.3. The molecule has 0 saturated carbocycles. The summed E-state index contributed by atoms with van der Waals surface area (Å²) >= 11 is 0. The van der Waals surface area contributed by atoms with Crippen molar-refractivity contribution in [2.24, 2.45) is 0 Å². The maximum Gasteiger partial charge on any atom is 0.573 e. The number of rotatable bonds is 11. The van der Waals surface area contributed by atoms with E-state index >= 15 is 0 Å². The molecule has 1 heterocycles. The molecule has 0 aliphatic heterocycles. The number of ether oxygens (including phenoxy) is 1. The second-order valence-corrected chi connectivity index (χ2v) is 8.56. The molecule has 0 spiro atoms. The van der Waals surface area contributed by atoms with Gasteiger partial charge in [0.25, 0.3) is 10.9 Å². The zero-order chi connectivity index (χ0) is 28.3. The minimum absolute atomic E-state index is 0.00102. The summed E-state index contributed by atoms with van der Waals surface area (Å²) in [6, 6.07) is 9.17. The molecule has 3 aromatic carbocycles. The number of carboxylic acid groups (broad SMARTS) is 1. The van der Waals surface area contributed by atoms with Gasteiger partial charge in [0.2, 0.25) is 0 Å². The fourth-order valence-electron chi connectivity index (χ4n) is 4.16. The van der Waals surface area contributed by atoms with Crippen LogP contribution in [0.1, 0.15) is 19.4 Å². The van der Waals surface area contributed by atoms with E-state index in [0.29, 0.717) is 35.2 Å². The van der Waals surface area contributed by atoms with Gasteiger partial charge in [-0.3, -0.25) is 9.59 Å². The number of carboxylic acids is 1. The number of hydrogen-bond acceptors (Lipinski definition) is 9. The molecule has 0 amide bonds. The molecule has 1 aromatic heterocycles. The quantitative estimate of drug-likeness (QED) is 0.240. The third-order valence-corrected chi connectivity index (χ3v) is 6.08. The molecule has 4 rings (SSSR count). The van der Waals surface area contributed by atoms with Crippen molar-refractivity contribution >= 4 is 39.8 Å². The van der Waals surface area contributed by atoms with Gasteiger partial charge in [0, 0.05) is 30.6 Å². The first-order valence-corrected chi connectivity index (χ1v) is 11.9. The number of aliphatic carboxylic acids is 1. The lowest BCUT2D eigenvalue weighted by Gasteiger charge is -2.26. The molecule has 39 heavy (non-hydrogen) atoms. The first-order valence-electron chi connectivity index (χ1n) is 11.9. The monoisotopic (exact) mass is 543 g/mol. The standard InChI is InChI=1S/C26H24F3N5O5/c1-3-34(4-2)21-20(22(35)23(21)36)33-19(25(37)38)11-14-5-7-15(8-6-14)32-24-17-12-16(39-26(27,28)29)9-10-18(17)30-13-31-24/h5-10,12-13,19,33H,3-4,11H2,1-2H3,(H,37,38)(H,30,31,32). The van der Waals surface area contributed by atoms with Crippen LogP contribution >= 0.6 is 0 Å². The van der Waals surface area contributed by atoms with Gasteiger partial charge in [-0.15, -0.1) is 13.2 Å². The molecule has 0 radical (unpaired) electrons. The Kier molecular flexibility index (Phi) is 7.70. The molecule has 0 aliphatic rings. The maximum absolute atomic E-state index is 12.6. The third kappa shape index (κ3) is 6.08. The average Bonchev–Trinajstić information content (AvgIpc) is 2.90. The number of fused-ring (bicyclic) bond motifs is 1. The molecule has 10 nitrogen and oxygen atoms in total. The number of benzene rings is 2. The fourth-order valence-corrected chi connectivity index (χ4v) is 4.16. The molecule has 1 unspecified atom stereocenters. The Hall–Kier alpha value is -4.68. The van der Waals surface area contributed by atoms with Crippen molar-refractivity contribution in [1.29, 1.82) is 0 Å². The number of carbonyl (C=O) groups is 1. The Balaban J connectivity index is 1.51. The Bertz CT molecular complexity index is 1560. The fraction of sp³-hybridized carbons (Fsp3) is 0.269. The molecule has 4 aromatic rings. The lowest BCUT2D eigenvalue weighted by atomic mass is 10.0. The lowest BCUT2D eigenvalue weighted by Crippen LogP contribution is -2.45. The van der Waals surface area contributed by atoms with E-state index in [9.17, 15) is 32.7 Å². The molecule has 1 atom stereocenters. The van der Waals surface area contributed by atoms with Crippen LogP contribution in [0.15, 0.2) is 58.4 Å². The molecule has 0 aliphatic carbocycles. The summed E-state index contributed by atoms with van der Waals surface area (Å²) in [5.41, 5.74) is 0.356. The Morgan fingerprint density at radius 3 is 2.36 bits per heavy atom. The minimum Gasteiger partial charge on any atom is -0.480 e. The van der Waals surface area contributed by atoms with Crippen molar-refractivity contribution in [3.63, 3.8) is 0 Å². The molecule has 3 N–H and O–H groups in total. The summed E-state index contributed by atoms with van der Waals surface area (Å²) in [6.07, 6.45) is -3.57. The van der Waals surface area contributed by atoms with E-state index in [-0.39, 0.29) is 23.6 Å². The number of nitrogens with zero attached hydrogens (tertiary/aromatic N) is 3. The summed E-state index contributed by atoms with van der Waals surface area (Å²) in [4.78, 5) is 46.0. The van der Waals surface area contributed by atoms with Gasteiger partial charge in [0.1, 0.15) is 35.3 Å². The van der Waals surface area contributed by atoms with Crippen LogP contribution in [0.2, 0.25) is 0 Å². The van der Waals surface area contributed by atoms with Crippen LogP contribution in [0, 0.1) is 0 Å². The Labute approximate surface area is 219 Å². The summed E-state index contributed by atoms with van der Waals surface area (Å²) in [7, 11) is 0. The number of anilines is 4. The molecular weight excluding hydrogens is 519 g/mol. The molecule has 0 saturated heterocycles. The van der Waals surface area contributed by atoms with Crippen molar-refractivity contribution in [1.82, 2.24) is 9.97 Å². The van der Waals surface area contributed by atoms with Crippen LogP contribution < -0.4 is 31.1 Å². The predicted molar refractivity (Wildman–Crippen MR) is 140 cm³/mol. The highest BCUT2D eigenvalue weighted by atomic mass is 19.4. The number of alkyl halides is 3. The van der Waals surface area contributed by atoms with E-state index in [2.05, 4.69) is 25.3 Å². The van der Waals surface area contributed by atoms with Gasteiger partial charge < -0.3 is 25.4 Å². The van der Waals surface area contributed by atoms with Crippen LogP contribution in [0.25, 0.3) is 10.9 Å². The second kappa shape index (κ2) is 11.0. The SMILES string of the molecule is CCN(CC)c1c(NC(Cc2ccc(Nc3ncnc4ccc(OC(F)(F)F)cc34)cc2)C(=O)O)c(=O)c1=O. The Morgan fingerprint density at radius 1 is 1.05 bits per heavy atom. The zero-order valence-corrected chi connectivity index (χ0v) is 20.9. The van der Waals surface area contributed by atoms with Gasteiger partial charge in [-0.05, 0) is 49.7 Å². The first kappa shape index (κ1) is 27.4. The van der Waals surface area contributed by atoms with E-state index in [1.807, 2.05) is 13.8 Å². The molecule has 0 fully saturated rings. The molecular formula is C26H24F3N5O5. The van der Waals surface area contributed by atoms with Crippen molar-refractivity contribution in [2.75, 3.05) is 28.6 Å². The van der Waals surface area contributed by atoms with Crippen LogP contribution in [0.3, 0.4) is 0 Å². The largest absolute Gasteiger partial charge is 0.573 e. The lowest BCUT2D eigenvalue weighted by molar-refractivity contribution is -0.274. The third-order valence-electron chi connectivity index (χ3n) is 6.08. The van der Waals surface area contributed by atoms with Crippen LogP contribution in [0.5, 0.6) is 5.75 Å². The highest BCUT2D eigenvalue weighted by Crippen LogP contribution is 2.30. The van der Waals surface area contributed by atoms with E-state index in [4.69, 9.17) is 0 Å². The van der Waals surface area contributed by atoms with E-state index in [1.165, 1.54) is 18.5 Å². The number of halogens is 3. The van der Waals surface area contributed by atoms with Gasteiger partial charge in [-0.1, -0.05) is 12.1 Å². The van der Waals surface area contributed by atoms with Crippen molar-refractivity contribution in [3.8, 4) is 5.75 Å². The topological polar surface area (TPSA) is 134 Å². The van der Waals surface area contributed by atoms with Gasteiger partial charge in [-0.2, -0.15) is 0 Å². The molecule has 204 valence electrons. The van der Waals surface area contributed by atoms with Crippen molar-refractivity contribution in [2.45, 2.75) is 32.7 Å². The van der Waals surface area contributed by atoms with Crippen molar-refractivity contribution in [3.05, 3.63) is 74.8 Å². The smallest absolute Gasteiger partial charge is 0.480 e. The van der Waals surface area contributed by atoms with Crippen molar-refractivity contribution < 1.29 is 27.8 Å². The van der Waals surface area contributed by atoms with Crippen LogP contribution in [-0.4, -0.2) is 46.5 Å². The summed E-state index contributed by atoms with van der Waals surface area (Å²) in [6.45, 7) is 4.63. The summed E-state index contributed by atoms with van der Waals surface area (Å²) < 4.78 is 41.9. The summed E-state index contributed by atoms with van der Waals surface area (Å²) in [5, 5.41) is 15.8. The number of aromatic nitrogens is 2. The maximum atomic E-state index is 12.6. The van der Waals surface area contributed by atoms with Gasteiger partial charge in [-0.25, -0.2) is 14.8 Å². The van der Waals surface area contributed by atoms with E-state index in [0.717, 1.165) is 6.07 Å². The van der Waals surface area contributed by atoms with Gasteiger partial charge >= 0.3 is 12.3 Å². The Morgan fingerprint density at radius 2 is 1.74 bits per heavy atom. The molecule has 13 heteroatoms. The highest BCUT2D eigenvalue weighted by Gasteiger charge is 2.31. The van der Waals surface area contributed by atoms with Crippen LogP contribution in [0.4, 0.5) is 36.1 Å². The number of hydrogen-bond donors (Lipinski definition) is 3. The zero-order valence-electron chi connectivity index (χ0n) is 20.9. The van der Waals surface area contributed by atoms with Gasteiger partial charge in [0.15, 0.2) is 0 Å². The van der Waals surface area contributed by atoms with E-state index in [1.54, 1.807) is 29.2 Å². The van der Waals surface area contributed by atoms with Crippen LogP contribution in [-0.2, 0) is 11.2 Å². The highest BCUT2D eigenvalue weighted by molar-refractivity contribution is 5.91. The number of nitrogens with one attached hydrogen (secondary N) is 2. The second-order valence-electron chi connectivity index (χ2n) is 8.56. The predicted octanol–water partition coefficient (Wildman–Crippen LogP) is 3.82. The summed E-state index contributed by atoms with van der Waals surface area (Å²) in [5.74, 6) is -1.36. The van der Waals surface area contributed by atoms with Gasteiger partial charge in [0.05, 0.1) is 5.52 Å². The average molecular weight is 544 g/mol.